The van der Waals surface area contributed by atoms with Gasteiger partial charge in [-0.2, -0.15) is 0 Å². The molecule has 0 saturated carbocycles. The molecule has 0 aliphatic carbocycles. The molecular weight excluding hydrogens is 426 g/mol. The molecule has 5 nitrogen and oxygen atoms in total. The lowest BCUT2D eigenvalue weighted by Gasteiger charge is -2.22. The smallest absolute Gasteiger partial charge is 0.270 e. The molecule has 1 N–H and O–H groups in total. The molecule has 0 heterocycles. The average Bonchev–Trinajstić information content (AvgIpc) is 2.83. The first-order valence-corrected chi connectivity index (χ1v) is 11.0. The van der Waals surface area contributed by atoms with Gasteiger partial charge < -0.3 is 19.5 Å². The van der Waals surface area contributed by atoms with Crippen LogP contribution in [0.1, 0.15) is 27.2 Å². The van der Waals surface area contributed by atoms with Crippen LogP contribution < -0.4 is 5.32 Å². The molecule has 0 spiro atoms. The van der Waals surface area contributed by atoms with Crippen LogP contribution in [0.4, 0.5) is 0 Å². The molecule has 34 heavy (non-hydrogen) atoms. The number of carbonyl (C=O) groups excluding carboxylic acids is 1. The number of ether oxygens (including phenoxy) is 3. The van der Waals surface area contributed by atoms with Gasteiger partial charge in [0.05, 0.1) is 19.5 Å². The van der Waals surface area contributed by atoms with Crippen LogP contribution in [0.3, 0.4) is 0 Å². The molecule has 0 aromatic rings. The lowest BCUT2D eigenvalue weighted by molar-refractivity contribution is -0.127. The molecule has 0 aliphatic heterocycles. The third-order valence-corrected chi connectivity index (χ3v) is 4.39. The predicted molar refractivity (Wildman–Crippen MR) is 143 cm³/mol. The number of amides is 1. The molecule has 1 unspecified atom stereocenters. The maximum absolute atomic E-state index is 13.3. The summed E-state index contributed by atoms with van der Waals surface area (Å²) in [5, 5.41) is 2.90. The molecule has 1 atom stereocenters. The number of methoxy groups -OCH3 is 2. The highest BCUT2D eigenvalue weighted by Gasteiger charge is 2.24. The predicted octanol–water partition coefficient (Wildman–Crippen LogP) is 6.41. The van der Waals surface area contributed by atoms with Crippen molar-refractivity contribution in [1.82, 2.24) is 5.32 Å². The summed E-state index contributed by atoms with van der Waals surface area (Å²) in [6.45, 7) is 17.7. The Morgan fingerprint density at radius 3 is 2.29 bits per heavy atom. The van der Waals surface area contributed by atoms with E-state index in [-0.39, 0.29) is 5.91 Å². The minimum atomic E-state index is -0.904. The van der Waals surface area contributed by atoms with E-state index in [1.54, 1.807) is 44.6 Å². The second-order valence-electron chi connectivity index (χ2n) is 6.96. The Morgan fingerprint density at radius 1 is 1.00 bits per heavy atom. The molecular formula is C29H39NO4. The van der Waals surface area contributed by atoms with Gasteiger partial charge in [0.15, 0.2) is 0 Å². The number of hydrogen-bond donors (Lipinski definition) is 1. The van der Waals surface area contributed by atoms with Crippen LogP contribution in [0.5, 0.6) is 0 Å². The fourth-order valence-corrected chi connectivity index (χ4v) is 2.59. The minimum absolute atomic E-state index is 0.333. The van der Waals surface area contributed by atoms with Crippen molar-refractivity contribution in [1.29, 1.82) is 0 Å². The van der Waals surface area contributed by atoms with Gasteiger partial charge >= 0.3 is 0 Å². The Hall–Kier alpha value is -3.57. The molecule has 0 rings (SSSR count). The van der Waals surface area contributed by atoms with E-state index in [0.29, 0.717) is 35.8 Å². The van der Waals surface area contributed by atoms with Gasteiger partial charge in [-0.1, -0.05) is 74.4 Å². The van der Waals surface area contributed by atoms with Gasteiger partial charge in [-0.15, -0.1) is 0 Å². The van der Waals surface area contributed by atoms with Crippen molar-refractivity contribution in [3.63, 3.8) is 0 Å². The second kappa shape index (κ2) is 18.9. The van der Waals surface area contributed by atoms with E-state index in [4.69, 9.17) is 14.2 Å². The van der Waals surface area contributed by atoms with Crippen molar-refractivity contribution in [2.24, 2.45) is 0 Å². The van der Waals surface area contributed by atoms with Crippen molar-refractivity contribution in [3.05, 3.63) is 121 Å². The van der Waals surface area contributed by atoms with Crippen LogP contribution in [-0.4, -0.2) is 32.8 Å². The van der Waals surface area contributed by atoms with Crippen molar-refractivity contribution in [2.45, 2.75) is 33.3 Å². The van der Waals surface area contributed by atoms with Gasteiger partial charge in [-0.05, 0) is 50.1 Å². The van der Waals surface area contributed by atoms with Gasteiger partial charge in [0.1, 0.15) is 5.76 Å². The minimum Gasteiger partial charge on any atom is -0.497 e. The Morgan fingerprint density at radius 2 is 1.74 bits per heavy atom. The lowest BCUT2D eigenvalue weighted by Crippen LogP contribution is -2.36. The largest absolute Gasteiger partial charge is 0.497 e. The van der Waals surface area contributed by atoms with Gasteiger partial charge in [-0.3, -0.25) is 4.79 Å². The molecule has 0 aromatic carbocycles. The topological polar surface area (TPSA) is 56.8 Å². The highest BCUT2D eigenvalue weighted by molar-refractivity contribution is 5.86. The van der Waals surface area contributed by atoms with Crippen LogP contribution in [-0.2, 0) is 19.0 Å². The molecule has 0 aromatic heterocycles. The maximum Gasteiger partial charge on any atom is 0.270 e. The normalized spacial score (nSPS) is 14.2. The Balaban J connectivity index is 5.82. The van der Waals surface area contributed by atoms with E-state index in [2.05, 4.69) is 25.1 Å². The maximum atomic E-state index is 13.3. The summed E-state index contributed by atoms with van der Waals surface area (Å²) in [4.78, 5) is 13.3. The first-order chi connectivity index (χ1) is 16.4. The SMILES string of the molecule is C=C/C=C(\C=C/COC)NC(=O)C(OC(=C)CC(/C=C\C(=C)OC)=C/C)C(/C=C\C=C/C)=C/C. The summed E-state index contributed by atoms with van der Waals surface area (Å²) in [5.41, 5.74) is 2.21. The first-order valence-electron chi connectivity index (χ1n) is 11.0. The fourth-order valence-electron chi connectivity index (χ4n) is 2.59. The first kappa shape index (κ1) is 30.4. The number of hydrogen-bond acceptors (Lipinski definition) is 4. The Bertz CT molecular complexity index is 895. The van der Waals surface area contributed by atoms with Crippen LogP contribution in [0.2, 0.25) is 0 Å². The molecule has 0 fully saturated rings. The molecule has 0 aliphatic rings. The number of allylic oxidation sites excluding steroid dienone is 11. The van der Waals surface area contributed by atoms with Crippen LogP contribution in [0.25, 0.3) is 0 Å². The van der Waals surface area contributed by atoms with E-state index in [9.17, 15) is 4.79 Å². The highest BCUT2D eigenvalue weighted by Crippen LogP contribution is 2.20. The molecule has 5 heteroatoms. The lowest BCUT2D eigenvalue weighted by atomic mass is 10.1. The van der Waals surface area contributed by atoms with E-state index in [0.717, 1.165) is 5.57 Å². The zero-order chi connectivity index (χ0) is 25.8. The van der Waals surface area contributed by atoms with Crippen LogP contribution in [0, 0.1) is 0 Å². The third kappa shape index (κ3) is 13.1. The summed E-state index contributed by atoms with van der Waals surface area (Å²) >= 11 is 0. The summed E-state index contributed by atoms with van der Waals surface area (Å²) in [6, 6.07) is 0. The van der Waals surface area contributed by atoms with Crippen LogP contribution in [0.15, 0.2) is 121 Å². The van der Waals surface area contributed by atoms with Gasteiger partial charge in [0.25, 0.3) is 5.91 Å². The van der Waals surface area contributed by atoms with E-state index >= 15 is 0 Å². The monoisotopic (exact) mass is 465 g/mol. The summed E-state index contributed by atoms with van der Waals surface area (Å²) < 4.78 is 16.2. The van der Waals surface area contributed by atoms with E-state index in [1.165, 1.54) is 0 Å². The second-order valence-corrected chi connectivity index (χ2v) is 6.96. The third-order valence-electron chi connectivity index (χ3n) is 4.39. The van der Waals surface area contributed by atoms with Crippen molar-refractivity contribution in [3.8, 4) is 0 Å². The highest BCUT2D eigenvalue weighted by atomic mass is 16.5. The molecule has 0 bridgehead atoms. The van der Waals surface area contributed by atoms with E-state index in [1.807, 2.05) is 63.3 Å². The Kier molecular flexibility index (Phi) is 17.0. The van der Waals surface area contributed by atoms with Gasteiger partial charge in [-0.25, -0.2) is 0 Å². The quantitative estimate of drug-likeness (QED) is 0.211. The van der Waals surface area contributed by atoms with Crippen molar-refractivity contribution in [2.75, 3.05) is 20.8 Å². The summed E-state index contributed by atoms with van der Waals surface area (Å²) in [6.07, 6.45) is 21.3. The summed E-state index contributed by atoms with van der Waals surface area (Å²) in [7, 11) is 3.16. The standard InChI is InChI=1S/C29H39NO4/c1-9-13-14-17-26(12-4)28(29(31)30-27(16-10-2)18-15-21-32-7)34-24(6)22-25(11-3)20-19-23(5)33-8/h9-20,28H,2,5-6,21-22H2,1,3-4,7-8H3,(H,30,31)/b13-9-,17-14-,18-15-,20-19-,25-11+,26-12+,27-16+. The molecule has 0 radical (unpaired) electrons. The fraction of sp³-hybridized carbons (Fsp3) is 0.276. The number of nitrogens with one attached hydrogen (secondary N) is 1. The average molecular weight is 466 g/mol. The molecule has 0 saturated heterocycles. The van der Waals surface area contributed by atoms with Crippen molar-refractivity contribution < 1.29 is 19.0 Å². The van der Waals surface area contributed by atoms with Gasteiger partial charge in [0.2, 0.25) is 6.10 Å². The number of rotatable bonds is 16. The zero-order valence-electron chi connectivity index (χ0n) is 21.2. The van der Waals surface area contributed by atoms with E-state index < -0.39 is 6.10 Å². The molecule has 1 amide bonds. The van der Waals surface area contributed by atoms with Crippen molar-refractivity contribution >= 4 is 5.91 Å². The van der Waals surface area contributed by atoms with Gasteiger partial charge in [0, 0.05) is 19.2 Å². The van der Waals surface area contributed by atoms with Crippen LogP contribution >= 0.6 is 0 Å². The number of carbonyl (C=O) groups is 1. The molecule has 184 valence electrons. The zero-order valence-corrected chi connectivity index (χ0v) is 21.2. The Labute approximate surface area is 205 Å². The summed E-state index contributed by atoms with van der Waals surface area (Å²) in [5.74, 6) is 0.653.